The molecule has 2 aromatic carbocycles. The van der Waals surface area contributed by atoms with Crippen LogP contribution in [0.1, 0.15) is 44.6 Å². The van der Waals surface area contributed by atoms with Gasteiger partial charge in [0.05, 0.1) is 9.80 Å². The van der Waals surface area contributed by atoms with E-state index in [9.17, 15) is 21.6 Å². The molecule has 29 heavy (non-hydrogen) atoms. The first-order chi connectivity index (χ1) is 13.8. The van der Waals surface area contributed by atoms with Gasteiger partial charge in [-0.3, -0.25) is 0 Å². The number of halogens is 3. The molecule has 2 aromatic rings. The summed E-state index contributed by atoms with van der Waals surface area (Å²) in [6.07, 6.45) is -1.06. The summed E-state index contributed by atoms with van der Waals surface area (Å²) >= 11 is 0. The molecule has 2 rings (SSSR count). The van der Waals surface area contributed by atoms with Crippen molar-refractivity contribution in [1.82, 2.24) is 0 Å². The summed E-state index contributed by atoms with van der Waals surface area (Å²) in [5.74, 6) is 4.67. The zero-order valence-corrected chi connectivity index (χ0v) is 17.0. The molecule has 0 aliphatic rings. The van der Waals surface area contributed by atoms with Gasteiger partial charge in [0.2, 0.25) is 9.84 Å². The summed E-state index contributed by atoms with van der Waals surface area (Å²) in [5.41, 5.74) is -1.37. The van der Waals surface area contributed by atoms with Crippen molar-refractivity contribution in [3.63, 3.8) is 0 Å². The molecule has 6 heteroatoms. The highest BCUT2D eigenvalue weighted by molar-refractivity contribution is 8.00. The maximum Gasteiger partial charge on any atom is 0.425 e. The summed E-state index contributed by atoms with van der Waals surface area (Å²) in [5, 5.41) is 0. The summed E-state index contributed by atoms with van der Waals surface area (Å²) < 4.78 is 68.1. The molecule has 0 N–H and O–H groups in total. The molecule has 2 nitrogen and oxygen atoms in total. The first kappa shape index (κ1) is 22.8. The van der Waals surface area contributed by atoms with E-state index in [2.05, 4.69) is 11.8 Å². The number of hydrogen-bond donors (Lipinski definition) is 0. The minimum Gasteiger partial charge on any atom is -0.218 e. The highest BCUT2D eigenvalue weighted by Gasteiger charge is 2.40. The van der Waals surface area contributed by atoms with Crippen LogP contribution in [0, 0.1) is 11.8 Å². The van der Waals surface area contributed by atoms with Crippen LogP contribution in [0.25, 0.3) is 4.91 Å². The highest BCUT2D eigenvalue weighted by Crippen LogP contribution is 2.38. The Morgan fingerprint density at radius 1 is 0.897 bits per heavy atom. The first-order valence-corrected chi connectivity index (χ1v) is 10.9. The van der Waals surface area contributed by atoms with Crippen LogP contribution in [0.5, 0.6) is 0 Å². The van der Waals surface area contributed by atoms with Crippen LogP contribution < -0.4 is 0 Å². The Labute approximate surface area is 170 Å². The van der Waals surface area contributed by atoms with E-state index in [1.807, 2.05) is 6.92 Å². The molecular formula is C23H23F3O2S. The van der Waals surface area contributed by atoms with Crippen LogP contribution in [0.3, 0.4) is 0 Å². The normalized spacial score (nSPS) is 12.7. The molecule has 0 amide bonds. The molecule has 0 bridgehead atoms. The highest BCUT2D eigenvalue weighted by atomic mass is 32.2. The number of allylic oxidation sites excluding steroid dienone is 1. The van der Waals surface area contributed by atoms with Crippen molar-refractivity contribution in [2.75, 3.05) is 0 Å². The van der Waals surface area contributed by atoms with Gasteiger partial charge in [0, 0.05) is 6.42 Å². The fourth-order valence-electron chi connectivity index (χ4n) is 2.79. The van der Waals surface area contributed by atoms with Crippen molar-refractivity contribution in [2.45, 2.75) is 50.1 Å². The number of hydrogen-bond acceptors (Lipinski definition) is 2. The van der Waals surface area contributed by atoms with Gasteiger partial charge < -0.3 is 0 Å². The lowest BCUT2D eigenvalue weighted by molar-refractivity contribution is -0.0864. The van der Waals surface area contributed by atoms with Crippen molar-refractivity contribution >= 4 is 14.7 Å². The third-order valence-electron chi connectivity index (χ3n) is 4.24. The van der Waals surface area contributed by atoms with E-state index < -0.39 is 26.5 Å². The quantitative estimate of drug-likeness (QED) is 0.383. The van der Waals surface area contributed by atoms with E-state index in [0.717, 1.165) is 19.3 Å². The van der Waals surface area contributed by atoms with Gasteiger partial charge in [-0.05, 0) is 24.1 Å². The number of benzene rings is 2. The molecule has 0 saturated heterocycles. The monoisotopic (exact) mass is 420 g/mol. The molecule has 154 valence electrons. The number of alkyl halides is 3. The van der Waals surface area contributed by atoms with Gasteiger partial charge in [-0.2, -0.15) is 13.2 Å². The van der Waals surface area contributed by atoms with Crippen molar-refractivity contribution in [3.8, 4) is 11.8 Å². The predicted octanol–water partition coefficient (Wildman–Crippen LogP) is 6.41. The molecule has 0 saturated carbocycles. The smallest absolute Gasteiger partial charge is 0.218 e. The van der Waals surface area contributed by atoms with E-state index >= 15 is 0 Å². The van der Waals surface area contributed by atoms with Gasteiger partial charge in [0.25, 0.3) is 0 Å². The lowest BCUT2D eigenvalue weighted by Gasteiger charge is -2.15. The summed E-state index contributed by atoms with van der Waals surface area (Å²) in [4.78, 5) is -1.01. The topological polar surface area (TPSA) is 34.1 Å². The predicted molar refractivity (Wildman–Crippen MR) is 110 cm³/mol. The van der Waals surface area contributed by atoms with Crippen molar-refractivity contribution in [2.24, 2.45) is 0 Å². The summed E-state index contributed by atoms with van der Waals surface area (Å²) in [7, 11) is -4.43. The lowest BCUT2D eigenvalue weighted by atomic mass is 10.1. The molecule has 0 aliphatic heterocycles. The van der Waals surface area contributed by atoms with Gasteiger partial charge in [-0.1, -0.05) is 86.6 Å². The Bertz CT molecular complexity index is 981. The Morgan fingerprint density at radius 2 is 1.48 bits per heavy atom. The van der Waals surface area contributed by atoms with Crippen molar-refractivity contribution in [3.05, 3.63) is 71.8 Å². The minimum atomic E-state index is -4.90. The van der Waals surface area contributed by atoms with E-state index in [1.165, 1.54) is 48.5 Å². The van der Waals surface area contributed by atoms with Crippen LogP contribution in [0.2, 0.25) is 0 Å². The average molecular weight is 420 g/mol. The van der Waals surface area contributed by atoms with Gasteiger partial charge in [-0.25, -0.2) is 8.42 Å². The van der Waals surface area contributed by atoms with Gasteiger partial charge in [0.1, 0.15) is 5.57 Å². The number of sulfone groups is 1. The van der Waals surface area contributed by atoms with Crippen LogP contribution in [0.4, 0.5) is 13.2 Å². The van der Waals surface area contributed by atoms with E-state index in [0.29, 0.717) is 6.42 Å². The van der Waals surface area contributed by atoms with E-state index in [-0.39, 0.29) is 16.9 Å². The maximum absolute atomic E-state index is 13.9. The van der Waals surface area contributed by atoms with E-state index in [4.69, 9.17) is 0 Å². The zero-order chi connectivity index (χ0) is 21.3. The van der Waals surface area contributed by atoms with Crippen LogP contribution in [0.15, 0.2) is 71.1 Å². The largest absolute Gasteiger partial charge is 0.425 e. The SMILES string of the molecule is CCCCCCC#C/C(=C(\c1ccccc1)S(=O)(=O)c1ccccc1)C(F)(F)F. The number of rotatable bonds is 7. The van der Waals surface area contributed by atoms with Crippen LogP contribution in [-0.2, 0) is 9.84 Å². The van der Waals surface area contributed by atoms with Gasteiger partial charge in [0.15, 0.2) is 0 Å². The van der Waals surface area contributed by atoms with Crippen molar-refractivity contribution < 1.29 is 21.6 Å². The molecule has 0 fully saturated rings. The molecule has 0 aromatic heterocycles. The Hall–Kier alpha value is -2.52. The Kier molecular flexibility index (Phi) is 8.10. The molecule has 0 unspecified atom stereocenters. The molecule has 0 heterocycles. The molecule has 0 atom stereocenters. The maximum atomic E-state index is 13.9. The molecule has 0 aliphatic carbocycles. The minimum absolute atomic E-state index is 0.0380. The molecular weight excluding hydrogens is 397 g/mol. The first-order valence-electron chi connectivity index (χ1n) is 9.44. The second-order valence-corrected chi connectivity index (χ2v) is 8.38. The lowest BCUT2D eigenvalue weighted by Crippen LogP contribution is -2.17. The van der Waals surface area contributed by atoms with Gasteiger partial charge >= 0.3 is 6.18 Å². The molecule has 0 radical (unpaired) electrons. The fourth-order valence-corrected chi connectivity index (χ4v) is 4.42. The zero-order valence-electron chi connectivity index (χ0n) is 16.2. The summed E-state index contributed by atoms with van der Waals surface area (Å²) in [6.45, 7) is 2.04. The average Bonchev–Trinajstić information content (AvgIpc) is 2.70. The van der Waals surface area contributed by atoms with Crippen LogP contribution >= 0.6 is 0 Å². The summed E-state index contributed by atoms with van der Waals surface area (Å²) in [6, 6.07) is 14.4. The number of unbranched alkanes of at least 4 members (excludes halogenated alkanes) is 4. The fraction of sp³-hybridized carbons (Fsp3) is 0.304. The third-order valence-corrected chi connectivity index (χ3v) is 6.11. The standard InChI is InChI=1S/C23H23F3O2S/c1-2-3-4-5-6-13-18-21(23(24,25)26)22(19-14-9-7-10-15-19)29(27,28)20-16-11-8-12-17-20/h7-12,14-17H,2-6H2,1H3/b22-21-. The van der Waals surface area contributed by atoms with E-state index in [1.54, 1.807) is 12.1 Å². The second-order valence-electron chi connectivity index (χ2n) is 6.50. The van der Waals surface area contributed by atoms with Crippen LogP contribution in [-0.4, -0.2) is 14.6 Å². The Morgan fingerprint density at radius 3 is 2.03 bits per heavy atom. The molecule has 0 spiro atoms. The third kappa shape index (κ3) is 6.23. The Balaban J connectivity index is 2.64. The second kappa shape index (κ2) is 10.3. The van der Waals surface area contributed by atoms with Crippen molar-refractivity contribution in [1.29, 1.82) is 0 Å². The van der Waals surface area contributed by atoms with Gasteiger partial charge in [-0.15, -0.1) is 0 Å².